The first-order chi connectivity index (χ1) is 13.1. The molecule has 9 heteroatoms. The molecule has 0 aromatic heterocycles. The molecule has 0 spiro atoms. The Labute approximate surface area is 166 Å². The molecule has 0 saturated carbocycles. The molecule has 1 heterocycles. The van der Waals surface area contributed by atoms with Crippen molar-refractivity contribution in [3.8, 4) is 0 Å². The highest BCUT2D eigenvalue weighted by Gasteiger charge is 2.30. The Morgan fingerprint density at radius 2 is 1.71 bits per heavy atom. The Morgan fingerprint density at radius 1 is 1.04 bits per heavy atom. The Balaban J connectivity index is 2.67. The molecule has 0 aromatic rings. The number of rotatable bonds is 11. The number of nitrogens with one attached hydrogen (secondary N) is 4. The number of carbonyl (C=O) groups excluding carboxylic acids is 3. The highest BCUT2D eigenvalue weighted by molar-refractivity contribution is 5.93. The highest BCUT2D eigenvalue weighted by Crippen LogP contribution is 2.09. The van der Waals surface area contributed by atoms with E-state index in [0.717, 1.165) is 19.4 Å². The van der Waals surface area contributed by atoms with Gasteiger partial charge in [0.25, 0.3) is 0 Å². The second-order valence-corrected chi connectivity index (χ2v) is 7.76. The molecule has 1 rings (SSSR count). The van der Waals surface area contributed by atoms with Crippen LogP contribution in [0.4, 0.5) is 0 Å². The maximum Gasteiger partial charge on any atom is 0.326 e. The molecule has 0 unspecified atom stereocenters. The fourth-order valence-corrected chi connectivity index (χ4v) is 3.11. The molecular formula is C19H34N4O5. The lowest BCUT2D eigenvalue weighted by atomic mass is 10.0. The minimum atomic E-state index is -1.11. The standard InChI is InChI=1S/C19H34N4O5/c1-5-7-14(19(27)28)22-16(24)12(4)21-18(26)15(10-11(2)3)23-17(25)13-8-6-9-20-13/h11-15,20H,5-10H2,1-4H3,(H,21,26)(H,22,24)(H,23,25)(H,27,28)/t12-,13-,14-,15-/m0/s1. The zero-order valence-electron chi connectivity index (χ0n) is 17.2. The van der Waals surface area contributed by atoms with Crippen LogP contribution in [0, 0.1) is 5.92 Å². The first-order valence-electron chi connectivity index (χ1n) is 10.0. The van der Waals surface area contributed by atoms with Gasteiger partial charge in [0.15, 0.2) is 0 Å². The topological polar surface area (TPSA) is 137 Å². The molecule has 0 radical (unpaired) electrons. The normalized spacial score (nSPS) is 19.5. The van der Waals surface area contributed by atoms with Crippen molar-refractivity contribution in [2.24, 2.45) is 5.92 Å². The molecule has 1 saturated heterocycles. The minimum Gasteiger partial charge on any atom is -0.480 e. The fourth-order valence-electron chi connectivity index (χ4n) is 3.11. The van der Waals surface area contributed by atoms with Gasteiger partial charge in [-0.3, -0.25) is 14.4 Å². The molecule has 9 nitrogen and oxygen atoms in total. The number of hydrogen-bond donors (Lipinski definition) is 5. The smallest absolute Gasteiger partial charge is 0.326 e. The number of carbonyl (C=O) groups is 4. The SMILES string of the molecule is CCC[C@H](NC(=O)[C@H](C)NC(=O)[C@H](CC(C)C)NC(=O)[C@@H]1CCCN1)C(=O)O. The summed E-state index contributed by atoms with van der Waals surface area (Å²) >= 11 is 0. The van der Waals surface area contributed by atoms with Crippen LogP contribution in [0.25, 0.3) is 0 Å². The second kappa shape index (κ2) is 11.6. The molecule has 0 bridgehead atoms. The molecule has 28 heavy (non-hydrogen) atoms. The minimum absolute atomic E-state index is 0.165. The maximum atomic E-state index is 12.6. The monoisotopic (exact) mass is 398 g/mol. The summed E-state index contributed by atoms with van der Waals surface area (Å²) in [5.41, 5.74) is 0. The second-order valence-electron chi connectivity index (χ2n) is 7.76. The Morgan fingerprint density at radius 3 is 2.21 bits per heavy atom. The highest BCUT2D eigenvalue weighted by atomic mass is 16.4. The zero-order chi connectivity index (χ0) is 21.3. The number of amides is 3. The van der Waals surface area contributed by atoms with Crippen LogP contribution < -0.4 is 21.3 Å². The van der Waals surface area contributed by atoms with Gasteiger partial charge in [-0.2, -0.15) is 0 Å². The van der Waals surface area contributed by atoms with Crippen LogP contribution in [0.3, 0.4) is 0 Å². The van der Waals surface area contributed by atoms with E-state index in [-0.39, 0.29) is 17.9 Å². The van der Waals surface area contributed by atoms with Crippen molar-refractivity contribution in [3.63, 3.8) is 0 Å². The van der Waals surface area contributed by atoms with Gasteiger partial charge >= 0.3 is 5.97 Å². The van der Waals surface area contributed by atoms with Crippen molar-refractivity contribution in [2.75, 3.05) is 6.54 Å². The van der Waals surface area contributed by atoms with Gasteiger partial charge < -0.3 is 26.4 Å². The zero-order valence-corrected chi connectivity index (χ0v) is 17.2. The van der Waals surface area contributed by atoms with E-state index in [4.69, 9.17) is 5.11 Å². The summed E-state index contributed by atoms with van der Waals surface area (Å²) in [6.45, 7) is 7.98. The van der Waals surface area contributed by atoms with E-state index in [9.17, 15) is 19.2 Å². The Bertz CT molecular complexity index is 561. The van der Waals surface area contributed by atoms with E-state index in [1.807, 2.05) is 20.8 Å². The van der Waals surface area contributed by atoms with Crippen LogP contribution in [-0.4, -0.2) is 59.5 Å². The molecule has 1 fully saturated rings. The molecule has 1 aliphatic heterocycles. The third-order valence-electron chi connectivity index (χ3n) is 4.66. The summed E-state index contributed by atoms with van der Waals surface area (Å²) < 4.78 is 0. The van der Waals surface area contributed by atoms with Crippen LogP contribution in [-0.2, 0) is 19.2 Å². The van der Waals surface area contributed by atoms with E-state index in [2.05, 4.69) is 21.3 Å². The number of carboxylic acid groups (broad SMARTS) is 1. The molecule has 3 amide bonds. The largest absolute Gasteiger partial charge is 0.480 e. The van der Waals surface area contributed by atoms with Gasteiger partial charge in [0.1, 0.15) is 18.1 Å². The lowest BCUT2D eigenvalue weighted by Gasteiger charge is -2.24. The molecule has 5 N–H and O–H groups in total. The van der Waals surface area contributed by atoms with Crippen LogP contribution in [0.1, 0.15) is 59.8 Å². The van der Waals surface area contributed by atoms with Gasteiger partial charge in [-0.05, 0) is 45.1 Å². The maximum absolute atomic E-state index is 12.6. The van der Waals surface area contributed by atoms with E-state index in [1.54, 1.807) is 0 Å². The fraction of sp³-hybridized carbons (Fsp3) is 0.789. The molecule has 160 valence electrons. The first-order valence-corrected chi connectivity index (χ1v) is 10.0. The quantitative estimate of drug-likeness (QED) is 0.336. The van der Waals surface area contributed by atoms with E-state index in [0.29, 0.717) is 19.3 Å². The van der Waals surface area contributed by atoms with Gasteiger partial charge in [0.05, 0.1) is 6.04 Å². The molecule has 4 atom stereocenters. The number of aliphatic carboxylic acids is 1. The summed E-state index contributed by atoms with van der Waals surface area (Å²) in [5.74, 6) is -2.18. The van der Waals surface area contributed by atoms with Gasteiger partial charge in [-0.15, -0.1) is 0 Å². The van der Waals surface area contributed by atoms with Crippen LogP contribution in [0.2, 0.25) is 0 Å². The predicted molar refractivity (Wildman–Crippen MR) is 104 cm³/mol. The van der Waals surface area contributed by atoms with Crippen molar-refractivity contribution in [1.29, 1.82) is 0 Å². The van der Waals surface area contributed by atoms with E-state index >= 15 is 0 Å². The summed E-state index contributed by atoms with van der Waals surface area (Å²) in [7, 11) is 0. The number of carboxylic acids is 1. The molecule has 0 aliphatic carbocycles. The average Bonchev–Trinajstić information content (AvgIpc) is 3.14. The predicted octanol–water partition coefficient (Wildman–Crippen LogP) is 0.144. The Kier molecular flexibility index (Phi) is 9.92. The van der Waals surface area contributed by atoms with Crippen molar-refractivity contribution >= 4 is 23.7 Å². The van der Waals surface area contributed by atoms with Crippen LogP contribution in [0.15, 0.2) is 0 Å². The molecule has 1 aliphatic rings. The first kappa shape index (κ1) is 23.9. The van der Waals surface area contributed by atoms with E-state index in [1.165, 1.54) is 6.92 Å². The van der Waals surface area contributed by atoms with Gasteiger partial charge in [0.2, 0.25) is 17.7 Å². The van der Waals surface area contributed by atoms with Gasteiger partial charge in [-0.25, -0.2) is 4.79 Å². The van der Waals surface area contributed by atoms with Crippen molar-refractivity contribution < 1.29 is 24.3 Å². The number of hydrogen-bond acceptors (Lipinski definition) is 5. The van der Waals surface area contributed by atoms with Crippen LogP contribution >= 0.6 is 0 Å². The summed E-state index contributed by atoms with van der Waals surface area (Å²) in [6.07, 6.45) is 3.00. The molecular weight excluding hydrogens is 364 g/mol. The van der Waals surface area contributed by atoms with E-state index < -0.39 is 35.9 Å². The van der Waals surface area contributed by atoms with Crippen molar-refractivity contribution in [1.82, 2.24) is 21.3 Å². The van der Waals surface area contributed by atoms with Crippen LogP contribution in [0.5, 0.6) is 0 Å². The third kappa shape index (κ3) is 7.84. The summed E-state index contributed by atoms with van der Waals surface area (Å²) in [5, 5.41) is 20.0. The van der Waals surface area contributed by atoms with Crippen molar-refractivity contribution in [2.45, 2.75) is 84.0 Å². The summed E-state index contributed by atoms with van der Waals surface area (Å²) in [4.78, 5) is 48.5. The molecule has 0 aromatic carbocycles. The van der Waals surface area contributed by atoms with Gasteiger partial charge in [0, 0.05) is 0 Å². The van der Waals surface area contributed by atoms with Gasteiger partial charge in [-0.1, -0.05) is 27.2 Å². The lowest BCUT2D eigenvalue weighted by Crippen LogP contribution is -2.56. The lowest BCUT2D eigenvalue weighted by molar-refractivity contribution is -0.142. The summed E-state index contributed by atoms with van der Waals surface area (Å²) in [6, 6.07) is -2.96. The average molecular weight is 399 g/mol. The third-order valence-corrected chi connectivity index (χ3v) is 4.66. The Hall–Kier alpha value is -2.16. The van der Waals surface area contributed by atoms with Crippen molar-refractivity contribution in [3.05, 3.63) is 0 Å².